The third-order valence-electron chi connectivity index (χ3n) is 9.88. The molecule has 3 unspecified atom stereocenters. The summed E-state index contributed by atoms with van der Waals surface area (Å²) >= 11 is 0. The van der Waals surface area contributed by atoms with Crippen LogP contribution in [0.4, 0.5) is 27.6 Å². The van der Waals surface area contributed by atoms with Gasteiger partial charge < -0.3 is 20.1 Å². The van der Waals surface area contributed by atoms with Crippen LogP contribution < -0.4 is 16.2 Å². The molecule has 2 N–H and O–H groups in total. The summed E-state index contributed by atoms with van der Waals surface area (Å²) in [7, 11) is 1.99. The summed E-state index contributed by atoms with van der Waals surface area (Å²) in [5, 5.41) is 0. The molecule has 1 aliphatic heterocycles. The van der Waals surface area contributed by atoms with E-state index in [1.54, 1.807) is 6.92 Å². The van der Waals surface area contributed by atoms with Crippen LogP contribution in [0.25, 0.3) is 0 Å². The zero-order valence-electron chi connectivity index (χ0n) is 22.4. The van der Waals surface area contributed by atoms with E-state index in [4.69, 9.17) is 5.73 Å². The summed E-state index contributed by atoms with van der Waals surface area (Å²) < 4.78 is 71.5. The van der Waals surface area contributed by atoms with Crippen LogP contribution in [0.15, 0.2) is 35.3 Å². The van der Waals surface area contributed by atoms with Crippen molar-refractivity contribution in [2.45, 2.75) is 69.5 Å². The van der Waals surface area contributed by atoms with Crippen molar-refractivity contribution in [2.75, 3.05) is 25.0 Å². The number of fused-ring (bicyclic) bond motifs is 1. The monoisotopic (exact) mass is 564 g/mol. The molecule has 3 aliphatic carbocycles. The minimum Gasteiger partial charge on any atom is -0.365 e. The van der Waals surface area contributed by atoms with Gasteiger partial charge in [0.05, 0.1) is 22.9 Å². The Bertz CT molecular complexity index is 1390. The smallest absolute Gasteiger partial charge is 0.266 e. The van der Waals surface area contributed by atoms with E-state index in [9.17, 15) is 27.2 Å². The zero-order valence-corrected chi connectivity index (χ0v) is 22.4. The molecule has 6 rings (SSSR count). The van der Waals surface area contributed by atoms with Crippen LogP contribution in [0.5, 0.6) is 0 Å². The van der Waals surface area contributed by atoms with Gasteiger partial charge in [-0.2, -0.15) is 0 Å². The Morgan fingerprint density at radius 2 is 1.73 bits per heavy atom. The van der Waals surface area contributed by atoms with Gasteiger partial charge in [0.1, 0.15) is 5.82 Å². The van der Waals surface area contributed by atoms with E-state index in [0.29, 0.717) is 19.3 Å². The highest BCUT2D eigenvalue weighted by Crippen LogP contribution is 2.65. The molecule has 0 radical (unpaired) electrons. The second kappa shape index (κ2) is 9.29. The van der Waals surface area contributed by atoms with E-state index >= 15 is 4.39 Å². The second-order valence-electron chi connectivity index (χ2n) is 12.3. The number of aromatic nitrogens is 1. The number of nitrogens with zero attached hydrogens (tertiary/aromatic N) is 3. The molecule has 1 saturated heterocycles. The number of likely N-dealkylation sites (tertiary alicyclic amines) is 1. The van der Waals surface area contributed by atoms with Crippen molar-refractivity contribution in [1.82, 2.24) is 9.47 Å². The van der Waals surface area contributed by atoms with E-state index in [1.807, 2.05) is 11.9 Å². The largest absolute Gasteiger partial charge is 0.365 e. The Morgan fingerprint density at radius 3 is 2.33 bits per heavy atom. The maximum Gasteiger partial charge on any atom is 0.266 e. The van der Waals surface area contributed by atoms with E-state index in [0.717, 1.165) is 19.2 Å². The normalized spacial score (nSPS) is 28.9. The van der Waals surface area contributed by atoms with E-state index in [-0.39, 0.29) is 53.6 Å². The molecule has 40 heavy (non-hydrogen) atoms. The number of amides is 1. The lowest BCUT2D eigenvalue weighted by molar-refractivity contribution is -0.0515. The fourth-order valence-electron chi connectivity index (χ4n) is 7.51. The number of hydrogen-bond acceptors (Lipinski definition) is 4. The molecule has 4 atom stereocenters. The fourth-order valence-corrected chi connectivity index (χ4v) is 7.51. The number of carbonyl (C=O) groups excluding carboxylic acids is 1. The number of halogens is 5. The van der Waals surface area contributed by atoms with Crippen molar-refractivity contribution in [3.8, 4) is 0 Å². The summed E-state index contributed by atoms with van der Waals surface area (Å²) in [5.74, 6) is -4.09. The summed E-state index contributed by atoms with van der Waals surface area (Å²) in [6, 6.07) is 3.98. The van der Waals surface area contributed by atoms with Crippen molar-refractivity contribution >= 4 is 11.6 Å². The number of benzene rings is 1. The number of primary amides is 1. The molecule has 1 aromatic carbocycles. The first-order valence-electron chi connectivity index (χ1n) is 13.8. The van der Waals surface area contributed by atoms with Crippen LogP contribution >= 0.6 is 0 Å². The standard InChI is InChI=1S/C29H33F5N4O2/c1-15(16-4-3-5-17(24(16)30)26(31)32)38(25-18-12-36(2)13-19(18)25)21-10-23(39)37(14-20(21)27(35)40)22-11-28(22)6-8-29(33,34)9-7-28/h3-5,10,14-15,18-19,22,25-26H,6-9,11-13H2,1-2H3,(H2,35,40)/t15-,18?,19?,22?,25?/m1/s1. The van der Waals surface area contributed by atoms with Gasteiger partial charge in [-0.05, 0) is 50.5 Å². The Kier molecular flexibility index (Phi) is 6.32. The Morgan fingerprint density at radius 1 is 1.10 bits per heavy atom. The number of piperidine rings is 1. The van der Waals surface area contributed by atoms with Crippen LogP contribution in [0.1, 0.15) is 79.0 Å². The van der Waals surface area contributed by atoms with Crippen LogP contribution in [0.2, 0.25) is 0 Å². The predicted octanol–water partition coefficient (Wildman–Crippen LogP) is 5.29. The number of alkyl halides is 4. The van der Waals surface area contributed by atoms with Crippen molar-refractivity contribution in [3.05, 3.63) is 63.3 Å². The molecular weight excluding hydrogens is 531 g/mol. The number of rotatable bonds is 7. The molecule has 1 spiro atoms. The van der Waals surface area contributed by atoms with E-state index < -0.39 is 46.7 Å². The van der Waals surface area contributed by atoms with Crippen molar-refractivity contribution in [2.24, 2.45) is 23.0 Å². The fraction of sp³-hybridized carbons (Fsp3) is 0.586. The van der Waals surface area contributed by atoms with Gasteiger partial charge >= 0.3 is 0 Å². The van der Waals surface area contributed by atoms with Crippen LogP contribution in [-0.4, -0.2) is 47.5 Å². The lowest BCUT2D eigenvalue weighted by Crippen LogP contribution is -2.39. The number of anilines is 1. The Hall–Kier alpha value is -2.95. The molecular formula is C29H33F5N4O2. The lowest BCUT2D eigenvalue weighted by atomic mass is 9.83. The first-order valence-corrected chi connectivity index (χ1v) is 13.8. The molecule has 1 amide bonds. The van der Waals surface area contributed by atoms with Gasteiger partial charge in [0.25, 0.3) is 17.9 Å². The van der Waals surface area contributed by atoms with Gasteiger partial charge in [0.15, 0.2) is 0 Å². The number of hydrogen-bond donors (Lipinski definition) is 1. The highest BCUT2D eigenvalue weighted by molar-refractivity contribution is 5.98. The number of carbonyl (C=O) groups is 1. The number of nitrogens with two attached hydrogens (primary N) is 1. The minimum atomic E-state index is -3.00. The van der Waals surface area contributed by atoms with Gasteiger partial charge in [-0.1, -0.05) is 18.2 Å². The van der Waals surface area contributed by atoms with Gasteiger partial charge in [-0.25, -0.2) is 22.0 Å². The average molecular weight is 565 g/mol. The molecule has 3 saturated carbocycles. The van der Waals surface area contributed by atoms with Gasteiger partial charge in [0, 0.05) is 55.8 Å². The molecule has 0 bridgehead atoms. The Labute approximate surface area is 228 Å². The quantitative estimate of drug-likeness (QED) is 0.464. The van der Waals surface area contributed by atoms with Crippen molar-refractivity contribution in [1.29, 1.82) is 0 Å². The lowest BCUT2D eigenvalue weighted by Gasteiger charge is -2.36. The molecule has 1 aromatic heterocycles. The topological polar surface area (TPSA) is 71.6 Å². The highest BCUT2D eigenvalue weighted by Gasteiger charge is 2.60. The third-order valence-corrected chi connectivity index (χ3v) is 9.88. The van der Waals surface area contributed by atoms with Gasteiger partial charge in [-0.3, -0.25) is 9.59 Å². The van der Waals surface area contributed by atoms with Crippen LogP contribution in [-0.2, 0) is 0 Å². The highest BCUT2D eigenvalue weighted by atomic mass is 19.3. The maximum absolute atomic E-state index is 15.3. The maximum atomic E-state index is 15.3. The first-order chi connectivity index (χ1) is 18.8. The van der Waals surface area contributed by atoms with Gasteiger partial charge in [-0.15, -0.1) is 0 Å². The Balaban J connectivity index is 1.40. The van der Waals surface area contributed by atoms with Crippen LogP contribution in [0.3, 0.4) is 0 Å². The molecule has 4 fully saturated rings. The van der Waals surface area contributed by atoms with Crippen molar-refractivity contribution < 1.29 is 26.7 Å². The van der Waals surface area contributed by atoms with E-state index in [2.05, 4.69) is 4.90 Å². The minimum absolute atomic E-state index is 0.0417. The van der Waals surface area contributed by atoms with Crippen molar-refractivity contribution in [3.63, 3.8) is 0 Å². The summed E-state index contributed by atoms with van der Waals surface area (Å²) in [6.07, 6.45) is -0.865. The first kappa shape index (κ1) is 27.2. The SMILES string of the molecule is C[C@H](c1cccc(C(F)F)c1F)N(c1cc(=O)n(C2CC23CCC(F)(F)CC3)cc1C(N)=O)C1C2CN(C)CC21. The average Bonchev–Trinajstić information content (AvgIpc) is 3.72. The molecule has 11 heteroatoms. The zero-order chi connectivity index (χ0) is 28.7. The number of pyridine rings is 1. The molecule has 6 nitrogen and oxygen atoms in total. The molecule has 4 aliphatic rings. The molecule has 216 valence electrons. The second-order valence-corrected chi connectivity index (χ2v) is 12.3. The predicted molar refractivity (Wildman–Crippen MR) is 139 cm³/mol. The van der Waals surface area contributed by atoms with E-state index in [1.165, 1.54) is 29.0 Å². The summed E-state index contributed by atoms with van der Waals surface area (Å²) in [4.78, 5) is 30.3. The third kappa shape index (κ3) is 4.40. The summed E-state index contributed by atoms with van der Waals surface area (Å²) in [6.45, 7) is 3.23. The molecule has 2 heterocycles. The summed E-state index contributed by atoms with van der Waals surface area (Å²) in [5.41, 5.74) is 4.68. The van der Waals surface area contributed by atoms with Gasteiger partial charge in [0.2, 0.25) is 5.92 Å². The van der Waals surface area contributed by atoms with Crippen LogP contribution in [0, 0.1) is 23.1 Å². The molecule has 2 aromatic rings.